The average Bonchev–Trinajstić information content (AvgIpc) is 2.67. The minimum absolute atomic E-state index is 0.121. The first-order valence-corrected chi connectivity index (χ1v) is 5.77. The molecule has 1 rings (SSSR count). The number of hydrogen-bond acceptors (Lipinski definition) is 3. The zero-order valence-electron chi connectivity index (χ0n) is 9.79. The molecule has 88 valence electrons. The smallest absolute Gasteiger partial charge is 0.254 e. The van der Waals surface area contributed by atoms with Crippen molar-refractivity contribution >= 4 is 5.91 Å². The van der Waals surface area contributed by atoms with E-state index in [1.165, 1.54) is 0 Å². The SMILES string of the molecule is CCN(CCCN)C(=O)C1(C)CCCO1. The van der Waals surface area contributed by atoms with E-state index in [1.54, 1.807) is 0 Å². The molecule has 1 aliphatic rings. The Morgan fingerprint density at radius 2 is 2.33 bits per heavy atom. The lowest BCUT2D eigenvalue weighted by Gasteiger charge is -2.30. The van der Waals surface area contributed by atoms with Gasteiger partial charge in [-0.05, 0) is 39.7 Å². The van der Waals surface area contributed by atoms with Gasteiger partial charge in [0, 0.05) is 19.7 Å². The van der Waals surface area contributed by atoms with E-state index in [1.807, 2.05) is 18.7 Å². The summed E-state index contributed by atoms with van der Waals surface area (Å²) in [6, 6.07) is 0. The lowest BCUT2D eigenvalue weighted by molar-refractivity contribution is -0.150. The van der Waals surface area contributed by atoms with Crippen LogP contribution in [0.4, 0.5) is 0 Å². The fourth-order valence-electron chi connectivity index (χ4n) is 1.97. The Kier molecular flexibility index (Phi) is 4.54. The molecule has 1 atom stereocenters. The summed E-state index contributed by atoms with van der Waals surface area (Å²) in [5.74, 6) is 0.121. The maximum Gasteiger partial charge on any atom is 0.254 e. The Morgan fingerprint density at radius 1 is 1.60 bits per heavy atom. The maximum absolute atomic E-state index is 12.2. The average molecular weight is 214 g/mol. The predicted molar refractivity (Wildman–Crippen MR) is 59.5 cm³/mol. The van der Waals surface area contributed by atoms with Crippen LogP contribution >= 0.6 is 0 Å². The van der Waals surface area contributed by atoms with Crippen molar-refractivity contribution in [3.8, 4) is 0 Å². The number of likely N-dealkylation sites (N-methyl/N-ethyl adjacent to an activating group) is 1. The summed E-state index contributed by atoms with van der Waals surface area (Å²) in [5.41, 5.74) is 4.87. The molecule has 1 amide bonds. The van der Waals surface area contributed by atoms with E-state index in [4.69, 9.17) is 10.5 Å². The molecule has 0 spiro atoms. The summed E-state index contributed by atoms with van der Waals surface area (Å²) in [5, 5.41) is 0. The van der Waals surface area contributed by atoms with E-state index in [0.717, 1.165) is 32.4 Å². The van der Waals surface area contributed by atoms with E-state index in [-0.39, 0.29) is 5.91 Å². The van der Waals surface area contributed by atoms with Crippen molar-refractivity contribution in [2.24, 2.45) is 5.73 Å². The Labute approximate surface area is 91.8 Å². The normalized spacial score (nSPS) is 25.5. The number of nitrogens with two attached hydrogens (primary N) is 1. The van der Waals surface area contributed by atoms with Gasteiger partial charge in [-0.15, -0.1) is 0 Å². The lowest BCUT2D eigenvalue weighted by atomic mass is 10.0. The molecule has 0 aromatic heterocycles. The molecule has 0 radical (unpaired) electrons. The highest BCUT2D eigenvalue weighted by molar-refractivity contribution is 5.85. The Balaban J connectivity index is 2.55. The molecule has 4 heteroatoms. The molecule has 4 nitrogen and oxygen atoms in total. The Morgan fingerprint density at radius 3 is 2.80 bits per heavy atom. The standard InChI is InChI=1S/C11H22N2O2/c1-3-13(8-5-7-12)10(14)11(2)6-4-9-15-11/h3-9,12H2,1-2H3. The quantitative estimate of drug-likeness (QED) is 0.735. The highest BCUT2D eigenvalue weighted by Crippen LogP contribution is 2.27. The van der Waals surface area contributed by atoms with Crippen LogP contribution in [0.1, 0.15) is 33.1 Å². The monoisotopic (exact) mass is 214 g/mol. The fourth-order valence-corrected chi connectivity index (χ4v) is 1.97. The number of ether oxygens (including phenoxy) is 1. The van der Waals surface area contributed by atoms with Crippen LogP contribution in [0.15, 0.2) is 0 Å². The third kappa shape index (κ3) is 2.92. The van der Waals surface area contributed by atoms with Crippen molar-refractivity contribution in [1.82, 2.24) is 4.90 Å². The molecular formula is C11H22N2O2. The molecule has 0 aromatic rings. The van der Waals surface area contributed by atoms with E-state index < -0.39 is 5.60 Å². The first kappa shape index (κ1) is 12.5. The molecule has 2 N–H and O–H groups in total. The number of nitrogens with zero attached hydrogens (tertiary/aromatic N) is 1. The van der Waals surface area contributed by atoms with Gasteiger partial charge in [0.15, 0.2) is 0 Å². The van der Waals surface area contributed by atoms with Gasteiger partial charge in [-0.3, -0.25) is 4.79 Å². The van der Waals surface area contributed by atoms with Gasteiger partial charge in [-0.2, -0.15) is 0 Å². The Hall–Kier alpha value is -0.610. The van der Waals surface area contributed by atoms with Gasteiger partial charge in [0.1, 0.15) is 5.60 Å². The van der Waals surface area contributed by atoms with Crippen molar-refractivity contribution < 1.29 is 9.53 Å². The first-order chi connectivity index (χ1) is 7.14. The zero-order chi connectivity index (χ0) is 11.3. The molecular weight excluding hydrogens is 192 g/mol. The van der Waals surface area contributed by atoms with Crippen molar-refractivity contribution in [3.63, 3.8) is 0 Å². The summed E-state index contributed by atoms with van der Waals surface area (Å²) >= 11 is 0. The van der Waals surface area contributed by atoms with E-state index >= 15 is 0 Å². The van der Waals surface area contributed by atoms with Gasteiger partial charge in [0.05, 0.1) is 0 Å². The minimum atomic E-state index is -0.579. The highest BCUT2D eigenvalue weighted by atomic mass is 16.5. The molecule has 0 aliphatic carbocycles. The molecule has 1 saturated heterocycles. The summed E-state index contributed by atoms with van der Waals surface area (Å²) in [7, 11) is 0. The van der Waals surface area contributed by atoms with Crippen LogP contribution in [0.2, 0.25) is 0 Å². The highest BCUT2D eigenvalue weighted by Gasteiger charge is 2.39. The van der Waals surface area contributed by atoms with Gasteiger partial charge >= 0.3 is 0 Å². The topological polar surface area (TPSA) is 55.6 Å². The van der Waals surface area contributed by atoms with Crippen molar-refractivity contribution in [1.29, 1.82) is 0 Å². The molecule has 1 unspecified atom stereocenters. The van der Waals surface area contributed by atoms with Gasteiger partial charge in [-0.25, -0.2) is 0 Å². The second kappa shape index (κ2) is 5.47. The second-order valence-corrected chi connectivity index (χ2v) is 4.21. The Bertz CT molecular complexity index is 213. The number of rotatable bonds is 5. The number of hydrogen-bond donors (Lipinski definition) is 1. The van der Waals surface area contributed by atoms with Crippen LogP contribution in [0.3, 0.4) is 0 Å². The second-order valence-electron chi connectivity index (χ2n) is 4.21. The van der Waals surface area contributed by atoms with E-state index in [2.05, 4.69) is 0 Å². The molecule has 0 aromatic carbocycles. The first-order valence-electron chi connectivity index (χ1n) is 5.77. The van der Waals surface area contributed by atoms with Crippen LogP contribution in [-0.2, 0) is 9.53 Å². The summed E-state index contributed by atoms with van der Waals surface area (Å²) < 4.78 is 5.54. The van der Waals surface area contributed by atoms with E-state index in [0.29, 0.717) is 13.2 Å². The number of carbonyl (C=O) groups excluding carboxylic acids is 1. The van der Waals surface area contributed by atoms with Crippen molar-refractivity contribution in [2.75, 3.05) is 26.2 Å². The van der Waals surface area contributed by atoms with Crippen molar-refractivity contribution in [3.05, 3.63) is 0 Å². The summed E-state index contributed by atoms with van der Waals surface area (Å²) in [6.07, 6.45) is 2.68. The molecule has 1 fully saturated rings. The zero-order valence-corrected chi connectivity index (χ0v) is 9.79. The number of amides is 1. The predicted octanol–water partition coefficient (Wildman–Crippen LogP) is 0.753. The van der Waals surface area contributed by atoms with Gasteiger partial charge in [0.25, 0.3) is 5.91 Å². The molecule has 0 bridgehead atoms. The van der Waals surface area contributed by atoms with Gasteiger partial charge in [0.2, 0.25) is 0 Å². The maximum atomic E-state index is 12.2. The molecule has 15 heavy (non-hydrogen) atoms. The molecule has 1 aliphatic heterocycles. The van der Waals surface area contributed by atoms with Crippen LogP contribution in [0.25, 0.3) is 0 Å². The van der Waals surface area contributed by atoms with Crippen LogP contribution in [0, 0.1) is 0 Å². The van der Waals surface area contributed by atoms with Crippen LogP contribution in [-0.4, -0.2) is 42.6 Å². The lowest BCUT2D eigenvalue weighted by Crippen LogP contribution is -2.47. The van der Waals surface area contributed by atoms with Gasteiger partial charge < -0.3 is 15.4 Å². The fraction of sp³-hybridized carbons (Fsp3) is 0.909. The number of carbonyl (C=O) groups is 1. The third-order valence-electron chi connectivity index (χ3n) is 2.97. The van der Waals surface area contributed by atoms with E-state index in [9.17, 15) is 4.79 Å². The summed E-state index contributed by atoms with van der Waals surface area (Å²) in [4.78, 5) is 14.0. The molecule has 0 saturated carbocycles. The van der Waals surface area contributed by atoms with Crippen LogP contribution < -0.4 is 5.73 Å². The van der Waals surface area contributed by atoms with Crippen molar-refractivity contribution in [2.45, 2.75) is 38.7 Å². The minimum Gasteiger partial charge on any atom is -0.365 e. The third-order valence-corrected chi connectivity index (χ3v) is 2.97. The van der Waals surface area contributed by atoms with Gasteiger partial charge in [-0.1, -0.05) is 0 Å². The summed E-state index contributed by atoms with van der Waals surface area (Å²) in [6.45, 7) is 6.70. The largest absolute Gasteiger partial charge is 0.365 e. The van der Waals surface area contributed by atoms with Crippen LogP contribution in [0.5, 0.6) is 0 Å². The molecule has 1 heterocycles.